The van der Waals surface area contributed by atoms with Crippen LogP contribution >= 0.6 is 0 Å². The molecule has 1 aromatic rings. The Kier molecular flexibility index (Phi) is 6.06. The van der Waals surface area contributed by atoms with E-state index < -0.39 is 0 Å². The summed E-state index contributed by atoms with van der Waals surface area (Å²) >= 11 is 0. The first kappa shape index (κ1) is 15.0. The molecule has 0 spiro atoms. The molecular weight excluding hydrogens is 248 g/mol. The van der Waals surface area contributed by atoms with Crippen molar-refractivity contribution in [1.82, 2.24) is 10.6 Å². The maximum Gasteiger partial charge on any atom is 0.234 e. The van der Waals surface area contributed by atoms with Gasteiger partial charge in [0.15, 0.2) is 0 Å². The molecule has 3 heteroatoms. The number of hydrogen-bond acceptors (Lipinski definition) is 2. The SMILES string of the molecule is CCCC(NC(=O)CNC1CCCC1)c1ccccc1. The van der Waals surface area contributed by atoms with E-state index in [1.54, 1.807) is 0 Å². The van der Waals surface area contributed by atoms with E-state index in [1.807, 2.05) is 18.2 Å². The second kappa shape index (κ2) is 8.05. The highest BCUT2D eigenvalue weighted by molar-refractivity contribution is 5.78. The summed E-state index contributed by atoms with van der Waals surface area (Å²) in [4.78, 5) is 12.1. The van der Waals surface area contributed by atoms with E-state index in [9.17, 15) is 4.79 Å². The number of rotatable bonds is 7. The van der Waals surface area contributed by atoms with E-state index in [1.165, 1.54) is 31.2 Å². The molecule has 0 aliphatic heterocycles. The zero-order valence-electron chi connectivity index (χ0n) is 12.4. The quantitative estimate of drug-likeness (QED) is 0.802. The van der Waals surface area contributed by atoms with Gasteiger partial charge in [0.25, 0.3) is 0 Å². The van der Waals surface area contributed by atoms with E-state index in [-0.39, 0.29) is 11.9 Å². The highest BCUT2D eigenvalue weighted by atomic mass is 16.1. The average Bonchev–Trinajstić information content (AvgIpc) is 2.99. The average molecular weight is 274 g/mol. The van der Waals surface area contributed by atoms with E-state index in [2.05, 4.69) is 29.7 Å². The van der Waals surface area contributed by atoms with Crippen LogP contribution in [0.5, 0.6) is 0 Å². The maximum atomic E-state index is 12.1. The molecule has 0 heterocycles. The van der Waals surface area contributed by atoms with Crippen molar-refractivity contribution in [3.05, 3.63) is 35.9 Å². The molecule has 1 aliphatic carbocycles. The minimum absolute atomic E-state index is 0.110. The number of carbonyl (C=O) groups is 1. The van der Waals surface area contributed by atoms with Crippen molar-refractivity contribution in [3.63, 3.8) is 0 Å². The zero-order chi connectivity index (χ0) is 14.2. The number of amides is 1. The lowest BCUT2D eigenvalue weighted by Crippen LogP contribution is -2.39. The van der Waals surface area contributed by atoms with Gasteiger partial charge >= 0.3 is 0 Å². The molecule has 20 heavy (non-hydrogen) atoms. The maximum absolute atomic E-state index is 12.1. The standard InChI is InChI=1S/C17H26N2O/c1-2-8-16(14-9-4-3-5-10-14)19-17(20)13-18-15-11-6-7-12-15/h3-5,9-10,15-16,18H,2,6-8,11-13H2,1H3,(H,19,20). The fourth-order valence-corrected chi connectivity index (χ4v) is 2.91. The van der Waals surface area contributed by atoms with Crippen LogP contribution < -0.4 is 10.6 Å². The molecule has 3 nitrogen and oxygen atoms in total. The zero-order valence-corrected chi connectivity index (χ0v) is 12.4. The molecule has 0 bridgehead atoms. The lowest BCUT2D eigenvalue weighted by molar-refractivity contribution is -0.121. The van der Waals surface area contributed by atoms with Crippen molar-refractivity contribution >= 4 is 5.91 Å². The van der Waals surface area contributed by atoms with Gasteiger partial charge in [0.1, 0.15) is 0 Å². The molecule has 1 aromatic carbocycles. The summed E-state index contributed by atoms with van der Waals surface area (Å²) in [5.74, 6) is 0.110. The van der Waals surface area contributed by atoms with Crippen LogP contribution in [0.1, 0.15) is 57.1 Å². The second-order valence-corrected chi connectivity index (χ2v) is 5.68. The Bertz CT molecular complexity index is 399. The highest BCUT2D eigenvalue weighted by Gasteiger charge is 2.17. The van der Waals surface area contributed by atoms with Gasteiger partial charge in [0, 0.05) is 6.04 Å². The number of benzene rings is 1. The summed E-state index contributed by atoms with van der Waals surface area (Å²) in [5.41, 5.74) is 1.20. The summed E-state index contributed by atoms with van der Waals surface area (Å²) in [6.45, 7) is 2.59. The van der Waals surface area contributed by atoms with E-state index in [0.29, 0.717) is 12.6 Å². The molecule has 2 N–H and O–H groups in total. The second-order valence-electron chi connectivity index (χ2n) is 5.68. The van der Waals surface area contributed by atoms with Gasteiger partial charge in [-0.3, -0.25) is 4.79 Å². The van der Waals surface area contributed by atoms with Crippen LogP contribution in [0.3, 0.4) is 0 Å². The van der Waals surface area contributed by atoms with Crippen LogP contribution in [0.4, 0.5) is 0 Å². The normalized spacial score (nSPS) is 17.1. The van der Waals surface area contributed by atoms with Crippen LogP contribution in [0, 0.1) is 0 Å². The predicted molar refractivity (Wildman–Crippen MR) is 82.5 cm³/mol. The van der Waals surface area contributed by atoms with E-state index in [0.717, 1.165) is 12.8 Å². The third-order valence-corrected chi connectivity index (χ3v) is 4.02. The van der Waals surface area contributed by atoms with Crippen LogP contribution in [-0.4, -0.2) is 18.5 Å². The predicted octanol–water partition coefficient (Wildman–Crippen LogP) is 3.18. The summed E-state index contributed by atoms with van der Waals surface area (Å²) in [7, 11) is 0. The van der Waals surface area contributed by atoms with Gasteiger partial charge in [-0.1, -0.05) is 56.5 Å². The lowest BCUT2D eigenvalue weighted by atomic mass is 10.0. The fraction of sp³-hybridized carbons (Fsp3) is 0.588. The van der Waals surface area contributed by atoms with Crippen LogP contribution in [0.2, 0.25) is 0 Å². The third-order valence-electron chi connectivity index (χ3n) is 4.02. The first-order valence-electron chi connectivity index (χ1n) is 7.87. The van der Waals surface area contributed by atoms with Crippen molar-refractivity contribution in [3.8, 4) is 0 Å². The monoisotopic (exact) mass is 274 g/mol. The number of carbonyl (C=O) groups excluding carboxylic acids is 1. The lowest BCUT2D eigenvalue weighted by Gasteiger charge is -2.19. The molecule has 0 aromatic heterocycles. The molecule has 0 saturated heterocycles. The summed E-state index contributed by atoms with van der Waals surface area (Å²) in [6.07, 6.45) is 7.06. The minimum atomic E-state index is 0.110. The summed E-state index contributed by atoms with van der Waals surface area (Å²) in [6, 6.07) is 10.9. The van der Waals surface area contributed by atoms with Gasteiger partial charge in [-0.05, 0) is 24.8 Å². The Morgan fingerprint density at radius 2 is 1.95 bits per heavy atom. The molecule has 1 atom stereocenters. The Labute approximate surface area is 122 Å². The molecule has 1 amide bonds. The molecular formula is C17H26N2O. The van der Waals surface area contributed by atoms with Crippen molar-refractivity contribution in [2.45, 2.75) is 57.5 Å². The number of hydrogen-bond donors (Lipinski definition) is 2. The Balaban J connectivity index is 1.82. The van der Waals surface area contributed by atoms with Gasteiger partial charge in [0.05, 0.1) is 12.6 Å². The summed E-state index contributed by atoms with van der Waals surface area (Å²) < 4.78 is 0. The van der Waals surface area contributed by atoms with Crippen molar-refractivity contribution < 1.29 is 4.79 Å². The van der Waals surface area contributed by atoms with Gasteiger partial charge < -0.3 is 10.6 Å². The van der Waals surface area contributed by atoms with Crippen LogP contribution in [-0.2, 0) is 4.79 Å². The molecule has 1 saturated carbocycles. The fourth-order valence-electron chi connectivity index (χ4n) is 2.91. The topological polar surface area (TPSA) is 41.1 Å². The van der Waals surface area contributed by atoms with Crippen LogP contribution in [0.15, 0.2) is 30.3 Å². The van der Waals surface area contributed by atoms with Gasteiger partial charge in [-0.15, -0.1) is 0 Å². The Hall–Kier alpha value is -1.35. The molecule has 1 fully saturated rings. The highest BCUT2D eigenvalue weighted by Crippen LogP contribution is 2.19. The van der Waals surface area contributed by atoms with Gasteiger partial charge in [-0.25, -0.2) is 0 Å². The smallest absolute Gasteiger partial charge is 0.234 e. The largest absolute Gasteiger partial charge is 0.348 e. The molecule has 1 aliphatic rings. The summed E-state index contributed by atoms with van der Waals surface area (Å²) in [5, 5.41) is 6.52. The van der Waals surface area contributed by atoms with Gasteiger partial charge in [-0.2, -0.15) is 0 Å². The molecule has 2 rings (SSSR count). The third kappa shape index (κ3) is 4.64. The Morgan fingerprint density at radius 3 is 2.60 bits per heavy atom. The van der Waals surface area contributed by atoms with Gasteiger partial charge in [0.2, 0.25) is 5.91 Å². The molecule has 110 valence electrons. The van der Waals surface area contributed by atoms with E-state index in [4.69, 9.17) is 0 Å². The first-order valence-corrected chi connectivity index (χ1v) is 7.87. The number of nitrogens with one attached hydrogen (secondary N) is 2. The van der Waals surface area contributed by atoms with Crippen LogP contribution in [0.25, 0.3) is 0 Å². The Morgan fingerprint density at radius 1 is 1.25 bits per heavy atom. The molecule has 1 unspecified atom stereocenters. The van der Waals surface area contributed by atoms with E-state index >= 15 is 0 Å². The first-order chi connectivity index (χ1) is 9.79. The molecule has 0 radical (unpaired) electrons. The van der Waals surface area contributed by atoms with Crippen molar-refractivity contribution in [2.75, 3.05) is 6.54 Å². The van der Waals surface area contributed by atoms with Crippen molar-refractivity contribution in [1.29, 1.82) is 0 Å². The minimum Gasteiger partial charge on any atom is -0.348 e. The van der Waals surface area contributed by atoms with Crippen molar-refractivity contribution in [2.24, 2.45) is 0 Å².